The maximum atomic E-state index is 14.0. The predicted octanol–water partition coefficient (Wildman–Crippen LogP) is 5.55. The minimum absolute atomic E-state index is 0.231. The summed E-state index contributed by atoms with van der Waals surface area (Å²) in [4.78, 5) is 41.9. The smallest absolute Gasteiger partial charge is 0.408 e. The van der Waals surface area contributed by atoms with Gasteiger partial charge < -0.3 is 25.0 Å². The Hall–Kier alpha value is -3.55. The lowest BCUT2D eigenvalue weighted by Crippen LogP contribution is -2.54. The van der Waals surface area contributed by atoms with Crippen molar-refractivity contribution in [1.29, 1.82) is 0 Å². The van der Waals surface area contributed by atoms with Gasteiger partial charge in [-0.05, 0) is 62.9 Å². The van der Waals surface area contributed by atoms with Crippen LogP contribution in [0.3, 0.4) is 0 Å². The summed E-state index contributed by atoms with van der Waals surface area (Å²) in [5.41, 5.74) is 0.557. The molecule has 202 valence electrons. The first-order valence-electron chi connectivity index (χ1n) is 12.8. The fourth-order valence-corrected chi connectivity index (χ4v) is 3.81. The van der Waals surface area contributed by atoms with Crippen molar-refractivity contribution in [2.45, 2.75) is 72.1 Å². The molecule has 0 fully saturated rings. The van der Waals surface area contributed by atoms with E-state index in [1.54, 1.807) is 57.0 Å². The van der Waals surface area contributed by atoms with Crippen molar-refractivity contribution >= 4 is 23.6 Å². The normalized spacial score (nSPS) is 12.9. The van der Waals surface area contributed by atoms with Gasteiger partial charge in [0.25, 0.3) is 5.91 Å². The van der Waals surface area contributed by atoms with E-state index in [-0.39, 0.29) is 17.7 Å². The average Bonchev–Trinajstić information content (AvgIpc) is 2.84. The fraction of sp³-hybridized carbons (Fsp3) is 0.483. The number of alkyl carbamates (subject to hydrolysis) is 1. The van der Waals surface area contributed by atoms with E-state index in [1.807, 2.05) is 51.1 Å². The zero-order chi connectivity index (χ0) is 27.6. The van der Waals surface area contributed by atoms with Crippen LogP contribution in [0.15, 0.2) is 54.6 Å². The molecule has 3 amide bonds. The number of rotatable bonds is 11. The number of hydrogen-bond acceptors (Lipinski definition) is 5. The van der Waals surface area contributed by atoms with Crippen molar-refractivity contribution in [3.05, 3.63) is 60.2 Å². The van der Waals surface area contributed by atoms with E-state index in [1.165, 1.54) is 0 Å². The lowest BCUT2D eigenvalue weighted by molar-refractivity contribution is -0.141. The third kappa shape index (κ3) is 9.12. The molecule has 0 aliphatic rings. The van der Waals surface area contributed by atoms with Crippen LogP contribution in [0.5, 0.6) is 5.75 Å². The molecule has 0 saturated carbocycles. The molecule has 8 heteroatoms. The molecule has 0 bridgehead atoms. The van der Waals surface area contributed by atoms with Crippen molar-refractivity contribution in [2.24, 2.45) is 5.92 Å². The Kier molecular flexibility index (Phi) is 11.0. The number of nitrogens with zero attached hydrogens (tertiary/aromatic N) is 1. The maximum Gasteiger partial charge on any atom is 0.408 e. The Morgan fingerprint density at radius 3 is 2.11 bits per heavy atom. The third-order valence-corrected chi connectivity index (χ3v) is 5.67. The zero-order valence-corrected chi connectivity index (χ0v) is 23.0. The molecule has 2 aromatic rings. The number of anilines is 1. The van der Waals surface area contributed by atoms with Gasteiger partial charge in [0.05, 0.1) is 7.11 Å². The summed E-state index contributed by atoms with van der Waals surface area (Å²) in [6.07, 6.45) is 0.855. The van der Waals surface area contributed by atoms with Crippen LogP contribution < -0.4 is 15.4 Å². The summed E-state index contributed by atoms with van der Waals surface area (Å²) in [5, 5.41) is 5.68. The van der Waals surface area contributed by atoms with E-state index in [9.17, 15) is 14.4 Å². The minimum Gasteiger partial charge on any atom is -0.497 e. The van der Waals surface area contributed by atoms with Crippen LogP contribution in [0.4, 0.5) is 10.5 Å². The first-order valence-corrected chi connectivity index (χ1v) is 12.8. The van der Waals surface area contributed by atoms with E-state index in [0.717, 1.165) is 6.42 Å². The van der Waals surface area contributed by atoms with Gasteiger partial charge >= 0.3 is 6.09 Å². The number of methoxy groups -OCH3 is 1. The fourth-order valence-electron chi connectivity index (χ4n) is 3.81. The third-order valence-electron chi connectivity index (χ3n) is 5.67. The van der Waals surface area contributed by atoms with Gasteiger partial charge in [0.2, 0.25) is 5.91 Å². The first-order chi connectivity index (χ1) is 17.5. The number of benzene rings is 2. The van der Waals surface area contributed by atoms with E-state index in [2.05, 4.69) is 10.6 Å². The van der Waals surface area contributed by atoms with E-state index in [4.69, 9.17) is 9.47 Å². The van der Waals surface area contributed by atoms with E-state index < -0.39 is 23.8 Å². The van der Waals surface area contributed by atoms with Gasteiger partial charge in [0.15, 0.2) is 0 Å². The van der Waals surface area contributed by atoms with Crippen molar-refractivity contribution < 1.29 is 23.9 Å². The van der Waals surface area contributed by atoms with E-state index >= 15 is 0 Å². The molecular weight excluding hydrogens is 470 g/mol. The molecule has 2 N–H and O–H groups in total. The topological polar surface area (TPSA) is 97.0 Å². The summed E-state index contributed by atoms with van der Waals surface area (Å²) in [7, 11) is 1.58. The summed E-state index contributed by atoms with van der Waals surface area (Å²) in [6.45, 7) is 11.4. The van der Waals surface area contributed by atoms with Crippen LogP contribution in [-0.4, -0.2) is 48.1 Å². The highest BCUT2D eigenvalue weighted by molar-refractivity contribution is 5.99. The number of ether oxygens (including phenoxy) is 2. The molecule has 0 aromatic heterocycles. The van der Waals surface area contributed by atoms with Crippen molar-refractivity contribution in [3.63, 3.8) is 0 Å². The van der Waals surface area contributed by atoms with Crippen LogP contribution in [0.25, 0.3) is 0 Å². The Labute approximate surface area is 220 Å². The molecule has 2 rings (SSSR count). The van der Waals surface area contributed by atoms with Crippen LogP contribution in [0, 0.1) is 5.92 Å². The van der Waals surface area contributed by atoms with Crippen LogP contribution >= 0.6 is 0 Å². The highest BCUT2D eigenvalue weighted by Gasteiger charge is 2.37. The Bertz CT molecular complexity index is 1020. The van der Waals surface area contributed by atoms with Crippen LogP contribution in [-0.2, 0) is 14.3 Å². The number of nitrogens with one attached hydrogen (secondary N) is 2. The van der Waals surface area contributed by atoms with Gasteiger partial charge in [-0.1, -0.05) is 57.5 Å². The molecule has 0 heterocycles. The van der Waals surface area contributed by atoms with Crippen LogP contribution in [0.2, 0.25) is 0 Å². The second kappa shape index (κ2) is 13.7. The molecule has 2 aromatic carbocycles. The Morgan fingerprint density at radius 1 is 0.973 bits per heavy atom. The molecule has 37 heavy (non-hydrogen) atoms. The van der Waals surface area contributed by atoms with Gasteiger partial charge in [-0.3, -0.25) is 9.59 Å². The Morgan fingerprint density at radius 2 is 1.59 bits per heavy atom. The summed E-state index contributed by atoms with van der Waals surface area (Å²) in [6, 6.07) is 14.4. The SMILES string of the molecule is CCCCN(C(=O)C(NC(=O)OC(C)(C)C)C(C)C)C(C(=O)Nc1ccc(OC)cc1)c1ccccc1. The highest BCUT2D eigenvalue weighted by Crippen LogP contribution is 2.26. The van der Waals surface area contributed by atoms with Gasteiger partial charge in [0, 0.05) is 12.2 Å². The molecule has 8 nitrogen and oxygen atoms in total. The molecular formula is C29H41N3O5. The monoisotopic (exact) mass is 511 g/mol. The number of hydrogen-bond donors (Lipinski definition) is 2. The standard InChI is InChI=1S/C29H41N3O5/c1-8-9-19-32(27(34)24(20(2)3)31-28(35)37-29(4,5)6)25(21-13-11-10-12-14-21)26(33)30-22-15-17-23(36-7)18-16-22/h10-18,20,24-25H,8-9,19H2,1-7H3,(H,30,33)(H,31,35). The lowest BCUT2D eigenvalue weighted by atomic mass is 9.98. The highest BCUT2D eigenvalue weighted by atomic mass is 16.6. The average molecular weight is 512 g/mol. The quantitative estimate of drug-likeness (QED) is 0.412. The Balaban J connectivity index is 2.44. The van der Waals surface area contributed by atoms with Gasteiger partial charge in [-0.25, -0.2) is 4.79 Å². The predicted molar refractivity (Wildman–Crippen MR) is 145 cm³/mol. The molecule has 0 spiro atoms. The van der Waals surface area contributed by atoms with Gasteiger partial charge in [-0.15, -0.1) is 0 Å². The van der Waals surface area contributed by atoms with Crippen molar-refractivity contribution in [1.82, 2.24) is 10.2 Å². The summed E-state index contributed by atoms with van der Waals surface area (Å²) in [5.74, 6) is -0.246. The molecule has 0 radical (unpaired) electrons. The van der Waals surface area contributed by atoms with Crippen LogP contribution in [0.1, 0.15) is 66.0 Å². The largest absolute Gasteiger partial charge is 0.497 e. The molecule has 2 atom stereocenters. The molecule has 0 aliphatic heterocycles. The molecule has 2 unspecified atom stereocenters. The number of carbonyl (C=O) groups is 3. The van der Waals surface area contributed by atoms with Gasteiger partial charge in [-0.2, -0.15) is 0 Å². The summed E-state index contributed by atoms with van der Waals surface area (Å²) < 4.78 is 10.6. The number of carbonyl (C=O) groups excluding carboxylic acids is 3. The first kappa shape index (κ1) is 29.7. The second-order valence-corrected chi connectivity index (χ2v) is 10.3. The zero-order valence-electron chi connectivity index (χ0n) is 23.0. The van der Waals surface area contributed by atoms with Crippen molar-refractivity contribution in [3.8, 4) is 5.75 Å². The number of amides is 3. The number of unbranched alkanes of at least 4 members (excludes halogenated alkanes) is 1. The maximum absolute atomic E-state index is 14.0. The van der Waals surface area contributed by atoms with E-state index in [0.29, 0.717) is 30.0 Å². The second-order valence-electron chi connectivity index (χ2n) is 10.3. The lowest BCUT2D eigenvalue weighted by Gasteiger charge is -2.35. The minimum atomic E-state index is -0.899. The molecule has 0 saturated heterocycles. The summed E-state index contributed by atoms with van der Waals surface area (Å²) >= 11 is 0. The molecule has 0 aliphatic carbocycles. The van der Waals surface area contributed by atoms with Gasteiger partial charge in [0.1, 0.15) is 23.4 Å². The van der Waals surface area contributed by atoms with Crippen molar-refractivity contribution in [2.75, 3.05) is 19.0 Å².